The van der Waals surface area contributed by atoms with Crippen molar-refractivity contribution in [1.29, 1.82) is 0 Å². The van der Waals surface area contributed by atoms with Gasteiger partial charge in [0.25, 0.3) is 0 Å². The molecule has 0 aliphatic heterocycles. The first-order valence-electron chi connectivity index (χ1n) is 2.33. The SMILES string of the molecule is CCC=CC=CF. The number of rotatable bonds is 2. The molecular weight excluding hydrogens is 91.1 g/mol. The van der Waals surface area contributed by atoms with Gasteiger partial charge in [-0.15, -0.1) is 0 Å². The van der Waals surface area contributed by atoms with E-state index in [9.17, 15) is 4.39 Å². The van der Waals surface area contributed by atoms with Gasteiger partial charge in [-0.1, -0.05) is 19.1 Å². The molecule has 0 fully saturated rings. The fraction of sp³-hybridized carbons (Fsp3) is 0.333. The molecule has 7 heavy (non-hydrogen) atoms. The van der Waals surface area contributed by atoms with Gasteiger partial charge in [-0.3, -0.25) is 0 Å². The maximum absolute atomic E-state index is 11.1. The maximum atomic E-state index is 11.1. The van der Waals surface area contributed by atoms with E-state index in [1.807, 2.05) is 13.0 Å². The third-order valence-corrected chi connectivity index (χ3v) is 0.556. The largest absolute Gasteiger partial charge is 0.216 e. The standard InChI is InChI=1S/C6H9F/c1-2-3-4-5-6-7/h3-6H,2H2,1H3. The Morgan fingerprint density at radius 3 is 2.57 bits per heavy atom. The van der Waals surface area contributed by atoms with Gasteiger partial charge in [-0.05, 0) is 12.5 Å². The van der Waals surface area contributed by atoms with Crippen molar-refractivity contribution in [3.05, 3.63) is 24.6 Å². The summed E-state index contributed by atoms with van der Waals surface area (Å²) in [6.45, 7) is 2.00. The Kier molecular flexibility index (Phi) is 4.95. The molecule has 0 aromatic carbocycles. The molecule has 0 heterocycles. The zero-order valence-electron chi connectivity index (χ0n) is 4.39. The van der Waals surface area contributed by atoms with Crippen molar-refractivity contribution >= 4 is 0 Å². The molecule has 0 aromatic heterocycles. The summed E-state index contributed by atoms with van der Waals surface area (Å²) in [5, 5.41) is 0. The Bertz CT molecular complexity index is 72.2. The highest BCUT2D eigenvalue weighted by molar-refractivity contribution is 4.98. The van der Waals surface area contributed by atoms with Gasteiger partial charge in [0.15, 0.2) is 0 Å². The predicted molar refractivity (Wildman–Crippen MR) is 29.7 cm³/mol. The topological polar surface area (TPSA) is 0 Å². The van der Waals surface area contributed by atoms with Gasteiger partial charge < -0.3 is 0 Å². The summed E-state index contributed by atoms with van der Waals surface area (Å²) in [7, 11) is 0. The Morgan fingerprint density at radius 1 is 1.43 bits per heavy atom. The van der Waals surface area contributed by atoms with E-state index in [1.54, 1.807) is 6.08 Å². The van der Waals surface area contributed by atoms with Crippen LogP contribution in [0.25, 0.3) is 0 Å². The molecule has 0 rings (SSSR count). The van der Waals surface area contributed by atoms with Crippen molar-refractivity contribution in [3.8, 4) is 0 Å². The van der Waals surface area contributed by atoms with Crippen LogP contribution in [0.3, 0.4) is 0 Å². The Morgan fingerprint density at radius 2 is 2.14 bits per heavy atom. The second-order valence-corrected chi connectivity index (χ2v) is 1.15. The van der Waals surface area contributed by atoms with E-state index in [0.717, 1.165) is 6.42 Å². The molecule has 0 radical (unpaired) electrons. The molecule has 0 aromatic rings. The number of halogens is 1. The molecule has 0 saturated heterocycles. The van der Waals surface area contributed by atoms with Crippen LogP contribution < -0.4 is 0 Å². The molecule has 40 valence electrons. The zero-order chi connectivity index (χ0) is 5.54. The first-order chi connectivity index (χ1) is 3.41. The van der Waals surface area contributed by atoms with Crippen molar-refractivity contribution in [3.63, 3.8) is 0 Å². The van der Waals surface area contributed by atoms with E-state index in [4.69, 9.17) is 0 Å². The monoisotopic (exact) mass is 100 g/mol. The van der Waals surface area contributed by atoms with Crippen molar-refractivity contribution in [1.82, 2.24) is 0 Å². The van der Waals surface area contributed by atoms with Crippen molar-refractivity contribution in [2.24, 2.45) is 0 Å². The van der Waals surface area contributed by atoms with Crippen LogP contribution in [0.15, 0.2) is 24.6 Å². The first-order valence-corrected chi connectivity index (χ1v) is 2.33. The smallest absolute Gasteiger partial charge is 0.0866 e. The fourth-order valence-corrected chi connectivity index (χ4v) is 0.257. The van der Waals surface area contributed by atoms with Gasteiger partial charge >= 0.3 is 0 Å². The summed E-state index contributed by atoms with van der Waals surface area (Å²) in [6.07, 6.45) is 6.41. The lowest BCUT2D eigenvalue weighted by Crippen LogP contribution is -1.48. The quantitative estimate of drug-likeness (QED) is 0.467. The van der Waals surface area contributed by atoms with E-state index in [0.29, 0.717) is 6.33 Å². The van der Waals surface area contributed by atoms with Crippen molar-refractivity contribution in [2.75, 3.05) is 0 Å². The van der Waals surface area contributed by atoms with Crippen molar-refractivity contribution < 1.29 is 4.39 Å². The molecule has 0 spiro atoms. The number of hydrogen-bond acceptors (Lipinski definition) is 0. The van der Waals surface area contributed by atoms with E-state index in [2.05, 4.69) is 0 Å². The molecule has 0 atom stereocenters. The van der Waals surface area contributed by atoms with Crippen LogP contribution in [-0.4, -0.2) is 0 Å². The van der Waals surface area contributed by atoms with Crippen LogP contribution in [0, 0.1) is 0 Å². The molecule has 0 bridgehead atoms. The Hall–Kier alpha value is -0.590. The van der Waals surface area contributed by atoms with Crippen LogP contribution in [0.4, 0.5) is 4.39 Å². The summed E-state index contributed by atoms with van der Waals surface area (Å²) >= 11 is 0. The summed E-state index contributed by atoms with van der Waals surface area (Å²) in [4.78, 5) is 0. The van der Waals surface area contributed by atoms with Crippen LogP contribution in [0.5, 0.6) is 0 Å². The highest BCUT2D eigenvalue weighted by atomic mass is 19.1. The molecule has 1 heteroatoms. The molecular formula is C6H9F. The zero-order valence-corrected chi connectivity index (χ0v) is 4.39. The van der Waals surface area contributed by atoms with Gasteiger partial charge in [0.2, 0.25) is 0 Å². The predicted octanol–water partition coefficient (Wildman–Crippen LogP) is 2.44. The normalized spacial score (nSPS) is 11.7. The maximum Gasteiger partial charge on any atom is 0.0866 e. The molecule has 0 amide bonds. The lowest BCUT2D eigenvalue weighted by atomic mass is 10.4. The number of allylic oxidation sites excluding steroid dienone is 3. The Labute approximate surface area is 43.4 Å². The van der Waals surface area contributed by atoms with Gasteiger partial charge in [-0.2, -0.15) is 0 Å². The molecule has 0 N–H and O–H groups in total. The minimum atomic E-state index is 0.520. The second-order valence-electron chi connectivity index (χ2n) is 1.15. The van der Waals surface area contributed by atoms with Gasteiger partial charge in [-0.25, -0.2) is 4.39 Å². The lowest BCUT2D eigenvalue weighted by molar-refractivity contribution is 0.721. The Balaban J connectivity index is 3.09. The molecule has 0 nitrogen and oxygen atoms in total. The highest BCUT2D eigenvalue weighted by Gasteiger charge is 1.59. The number of hydrogen-bond donors (Lipinski definition) is 0. The molecule has 0 saturated carbocycles. The van der Waals surface area contributed by atoms with Crippen LogP contribution in [0.2, 0.25) is 0 Å². The van der Waals surface area contributed by atoms with Gasteiger partial charge in [0, 0.05) is 0 Å². The summed E-state index contributed by atoms with van der Waals surface area (Å²) < 4.78 is 11.1. The molecule has 0 aliphatic carbocycles. The van der Waals surface area contributed by atoms with Gasteiger partial charge in [0.05, 0.1) is 6.33 Å². The van der Waals surface area contributed by atoms with Crippen LogP contribution in [0.1, 0.15) is 13.3 Å². The van der Waals surface area contributed by atoms with E-state index < -0.39 is 0 Å². The van der Waals surface area contributed by atoms with Crippen LogP contribution >= 0.6 is 0 Å². The van der Waals surface area contributed by atoms with Gasteiger partial charge in [0.1, 0.15) is 0 Å². The third-order valence-electron chi connectivity index (χ3n) is 0.556. The average Bonchev–Trinajstić information content (AvgIpc) is 1.69. The lowest BCUT2D eigenvalue weighted by Gasteiger charge is -1.69. The van der Waals surface area contributed by atoms with E-state index >= 15 is 0 Å². The fourth-order valence-electron chi connectivity index (χ4n) is 0.257. The van der Waals surface area contributed by atoms with Crippen molar-refractivity contribution in [2.45, 2.75) is 13.3 Å². The molecule has 0 aliphatic rings. The van der Waals surface area contributed by atoms with E-state index in [1.165, 1.54) is 6.08 Å². The molecule has 0 unspecified atom stereocenters. The summed E-state index contributed by atoms with van der Waals surface area (Å²) in [6, 6.07) is 0. The average molecular weight is 100 g/mol. The van der Waals surface area contributed by atoms with Crippen LogP contribution in [-0.2, 0) is 0 Å². The highest BCUT2D eigenvalue weighted by Crippen LogP contribution is 1.80. The minimum absolute atomic E-state index is 0.520. The summed E-state index contributed by atoms with van der Waals surface area (Å²) in [5.41, 5.74) is 0. The minimum Gasteiger partial charge on any atom is -0.216 e. The summed E-state index contributed by atoms with van der Waals surface area (Å²) in [5.74, 6) is 0. The third kappa shape index (κ3) is 5.41. The first kappa shape index (κ1) is 6.41. The van der Waals surface area contributed by atoms with E-state index in [-0.39, 0.29) is 0 Å². The second kappa shape index (κ2) is 5.41.